The van der Waals surface area contributed by atoms with E-state index in [1.54, 1.807) is 6.07 Å². The first-order chi connectivity index (χ1) is 8.42. The minimum absolute atomic E-state index is 0.283. The molecule has 0 fully saturated rings. The van der Waals surface area contributed by atoms with E-state index >= 15 is 0 Å². The predicted molar refractivity (Wildman–Crippen MR) is 66.0 cm³/mol. The molecule has 7 heteroatoms. The van der Waals surface area contributed by atoms with E-state index in [1.165, 1.54) is 25.5 Å². The molecule has 2 aromatic rings. The number of carbonyl (C=O) groups is 1. The molecule has 0 unspecified atom stereocenters. The van der Waals surface area contributed by atoms with Crippen molar-refractivity contribution >= 4 is 32.6 Å². The van der Waals surface area contributed by atoms with E-state index in [-0.39, 0.29) is 5.69 Å². The Labute approximate surface area is 104 Å². The number of fused-ring (bicyclic) bond motifs is 1. The first kappa shape index (κ1) is 12.4. The number of hydrogen-bond acceptors (Lipinski definition) is 5. The molecule has 1 heterocycles. The van der Waals surface area contributed by atoms with Crippen molar-refractivity contribution in [3.63, 3.8) is 0 Å². The number of methoxy groups -OCH3 is 1. The molecule has 0 aliphatic heterocycles. The van der Waals surface area contributed by atoms with E-state index in [4.69, 9.17) is 4.42 Å². The second kappa shape index (κ2) is 4.34. The largest absolute Gasteiger partial charge is 0.465 e. The van der Waals surface area contributed by atoms with Crippen LogP contribution in [0.2, 0.25) is 0 Å². The summed E-state index contributed by atoms with van der Waals surface area (Å²) in [5.41, 5.74) is 0.897. The van der Waals surface area contributed by atoms with Crippen LogP contribution in [0.15, 0.2) is 28.9 Å². The van der Waals surface area contributed by atoms with Gasteiger partial charge >= 0.3 is 5.97 Å². The summed E-state index contributed by atoms with van der Waals surface area (Å²) in [4.78, 5) is 11.5. The van der Waals surface area contributed by atoms with Crippen LogP contribution in [-0.4, -0.2) is 27.8 Å². The number of hydrogen-bond donors (Lipinski definition) is 1. The summed E-state index contributed by atoms with van der Waals surface area (Å²) in [6.45, 7) is 0. The molecule has 0 aliphatic rings. The van der Waals surface area contributed by atoms with Gasteiger partial charge in [0.25, 0.3) is 0 Å². The fraction of sp³-hybridized carbons (Fsp3) is 0.182. The first-order valence-corrected chi connectivity index (χ1v) is 6.88. The predicted octanol–water partition coefficient (Wildman–Crippen LogP) is 1.59. The van der Waals surface area contributed by atoms with E-state index in [1.807, 2.05) is 0 Å². The monoisotopic (exact) mass is 269 g/mol. The lowest BCUT2D eigenvalue weighted by atomic mass is 10.1. The molecule has 0 spiro atoms. The second-order valence-electron chi connectivity index (χ2n) is 3.69. The molecule has 1 N–H and O–H groups in total. The number of furan rings is 1. The lowest BCUT2D eigenvalue weighted by Crippen LogP contribution is -2.10. The quantitative estimate of drug-likeness (QED) is 0.855. The maximum absolute atomic E-state index is 11.5. The van der Waals surface area contributed by atoms with Gasteiger partial charge in [-0.1, -0.05) is 0 Å². The van der Waals surface area contributed by atoms with Crippen molar-refractivity contribution in [2.24, 2.45) is 0 Å². The van der Waals surface area contributed by atoms with Gasteiger partial charge in [0, 0.05) is 5.39 Å². The van der Waals surface area contributed by atoms with Crippen molar-refractivity contribution in [2.45, 2.75) is 0 Å². The molecule has 2 rings (SSSR count). The van der Waals surface area contributed by atoms with Gasteiger partial charge in [0.1, 0.15) is 0 Å². The Hall–Kier alpha value is -2.02. The molecule has 0 saturated carbocycles. The van der Waals surface area contributed by atoms with Gasteiger partial charge in [-0.15, -0.1) is 0 Å². The number of sulfonamides is 1. The van der Waals surface area contributed by atoms with Crippen LogP contribution >= 0.6 is 0 Å². The van der Waals surface area contributed by atoms with Gasteiger partial charge in [0.05, 0.1) is 30.9 Å². The van der Waals surface area contributed by atoms with Gasteiger partial charge in [-0.05, 0) is 18.2 Å². The van der Waals surface area contributed by atoms with Crippen LogP contribution in [0.1, 0.15) is 10.4 Å². The molecule has 0 aliphatic carbocycles. The Kier molecular flexibility index (Phi) is 3.00. The van der Waals surface area contributed by atoms with Gasteiger partial charge in [0.2, 0.25) is 10.0 Å². The molecule has 1 aromatic carbocycles. The number of ether oxygens (including phenoxy) is 1. The summed E-state index contributed by atoms with van der Waals surface area (Å²) in [6, 6.07) is 4.52. The highest BCUT2D eigenvalue weighted by Crippen LogP contribution is 2.28. The minimum atomic E-state index is -3.41. The standard InChI is InChI=1S/C11H11NO5S/c1-16-11(13)8-3-4-9(12-18(2,14)15)10-7(8)5-6-17-10/h3-6,12H,1-2H3. The number of benzene rings is 1. The van der Waals surface area contributed by atoms with Crippen LogP contribution < -0.4 is 4.72 Å². The zero-order valence-corrected chi connectivity index (χ0v) is 10.6. The van der Waals surface area contributed by atoms with E-state index in [9.17, 15) is 13.2 Å². The summed E-state index contributed by atoms with van der Waals surface area (Å²) in [7, 11) is -2.14. The van der Waals surface area contributed by atoms with E-state index in [0.717, 1.165) is 6.26 Å². The topological polar surface area (TPSA) is 85.6 Å². The van der Waals surface area contributed by atoms with Gasteiger partial charge in [-0.2, -0.15) is 0 Å². The number of anilines is 1. The molecular formula is C11H11NO5S. The highest BCUT2D eigenvalue weighted by atomic mass is 32.2. The van der Waals surface area contributed by atoms with Crippen molar-refractivity contribution in [3.05, 3.63) is 30.0 Å². The Morgan fingerprint density at radius 3 is 2.67 bits per heavy atom. The van der Waals surface area contributed by atoms with Crippen molar-refractivity contribution in [1.29, 1.82) is 0 Å². The fourth-order valence-corrected chi connectivity index (χ4v) is 2.19. The molecule has 0 bridgehead atoms. The van der Waals surface area contributed by atoms with Crippen LogP contribution in [0.4, 0.5) is 5.69 Å². The summed E-state index contributed by atoms with van der Waals surface area (Å²) >= 11 is 0. The lowest BCUT2D eigenvalue weighted by Gasteiger charge is -2.06. The normalized spacial score (nSPS) is 11.4. The third-order valence-corrected chi connectivity index (χ3v) is 2.91. The third kappa shape index (κ3) is 2.30. The first-order valence-electron chi connectivity index (χ1n) is 4.98. The van der Waals surface area contributed by atoms with E-state index in [0.29, 0.717) is 16.5 Å². The van der Waals surface area contributed by atoms with Gasteiger partial charge in [0.15, 0.2) is 5.58 Å². The van der Waals surface area contributed by atoms with Crippen LogP contribution in [-0.2, 0) is 14.8 Å². The van der Waals surface area contributed by atoms with Crippen molar-refractivity contribution in [1.82, 2.24) is 0 Å². The summed E-state index contributed by atoms with van der Waals surface area (Å²) < 4.78 is 34.5. The number of rotatable bonds is 3. The third-order valence-electron chi connectivity index (χ3n) is 2.32. The molecular weight excluding hydrogens is 258 g/mol. The molecule has 0 amide bonds. The molecule has 0 saturated heterocycles. The van der Waals surface area contributed by atoms with Crippen molar-refractivity contribution in [2.75, 3.05) is 18.1 Å². The summed E-state index contributed by atoms with van der Waals surface area (Å²) in [6.07, 6.45) is 2.42. The molecule has 18 heavy (non-hydrogen) atoms. The maximum atomic E-state index is 11.5. The van der Waals surface area contributed by atoms with Crippen LogP contribution in [0, 0.1) is 0 Å². The van der Waals surface area contributed by atoms with Crippen LogP contribution in [0.3, 0.4) is 0 Å². The minimum Gasteiger partial charge on any atom is -0.465 e. The summed E-state index contributed by atoms with van der Waals surface area (Å²) in [5, 5.41) is 0.496. The van der Waals surface area contributed by atoms with Gasteiger partial charge < -0.3 is 9.15 Å². The molecule has 1 aromatic heterocycles. The fourth-order valence-electron chi connectivity index (χ4n) is 1.63. The highest BCUT2D eigenvalue weighted by molar-refractivity contribution is 7.92. The zero-order valence-electron chi connectivity index (χ0n) is 9.76. The smallest absolute Gasteiger partial charge is 0.338 e. The van der Waals surface area contributed by atoms with Crippen LogP contribution in [0.5, 0.6) is 0 Å². The van der Waals surface area contributed by atoms with E-state index < -0.39 is 16.0 Å². The Balaban J connectivity index is 2.61. The van der Waals surface area contributed by atoms with Gasteiger partial charge in [-0.3, -0.25) is 4.72 Å². The van der Waals surface area contributed by atoms with Crippen molar-refractivity contribution in [3.8, 4) is 0 Å². The summed E-state index contributed by atoms with van der Waals surface area (Å²) in [5.74, 6) is -0.507. The molecule has 0 radical (unpaired) electrons. The van der Waals surface area contributed by atoms with E-state index in [2.05, 4.69) is 9.46 Å². The highest BCUT2D eigenvalue weighted by Gasteiger charge is 2.16. The number of esters is 1. The maximum Gasteiger partial charge on any atom is 0.338 e. The molecule has 96 valence electrons. The van der Waals surface area contributed by atoms with Gasteiger partial charge in [-0.25, -0.2) is 13.2 Å². The Morgan fingerprint density at radius 1 is 1.33 bits per heavy atom. The Morgan fingerprint density at radius 2 is 2.06 bits per heavy atom. The number of carbonyl (C=O) groups excluding carboxylic acids is 1. The zero-order chi connectivity index (χ0) is 13.3. The number of nitrogens with one attached hydrogen (secondary N) is 1. The molecule has 6 nitrogen and oxygen atoms in total. The second-order valence-corrected chi connectivity index (χ2v) is 5.44. The van der Waals surface area contributed by atoms with Crippen LogP contribution in [0.25, 0.3) is 11.0 Å². The van der Waals surface area contributed by atoms with Crippen molar-refractivity contribution < 1.29 is 22.4 Å². The molecule has 0 atom stereocenters. The lowest BCUT2D eigenvalue weighted by molar-refractivity contribution is 0.0603. The SMILES string of the molecule is COC(=O)c1ccc(NS(C)(=O)=O)c2occc12. The average Bonchev–Trinajstić information content (AvgIpc) is 2.76. The Bertz CT molecular complexity index is 701. The average molecular weight is 269 g/mol.